The normalized spacial score (nSPS) is 10.5. The first-order valence-electron chi connectivity index (χ1n) is 12.1. The first kappa shape index (κ1) is 26.1. The highest BCUT2D eigenvalue weighted by molar-refractivity contribution is 5.59. The molecule has 0 spiro atoms. The van der Waals surface area contributed by atoms with Crippen LogP contribution in [0.1, 0.15) is 42.4 Å². The van der Waals surface area contributed by atoms with Crippen molar-refractivity contribution < 1.29 is 28.8 Å². The summed E-state index contributed by atoms with van der Waals surface area (Å²) in [6.07, 6.45) is 3.26. The van der Waals surface area contributed by atoms with Gasteiger partial charge in [-0.25, -0.2) is 4.79 Å². The minimum Gasteiger partial charge on any atom is -0.485 e. The van der Waals surface area contributed by atoms with Crippen LogP contribution in [0.4, 0.5) is 4.79 Å². The zero-order chi connectivity index (χ0) is 24.6. The van der Waals surface area contributed by atoms with Crippen molar-refractivity contribution in [3.05, 3.63) is 95.6 Å². The molecular formula is C29H34O6. The maximum Gasteiger partial charge on any atom is 0.508 e. The van der Waals surface area contributed by atoms with Crippen LogP contribution < -0.4 is 9.47 Å². The largest absolute Gasteiger partial charge is 0.508 e. The molecule has 35 heavy (non-hydrogen) atoms. The molecule has 3 aromatic carbocycles. The summed E-state index contributed by atoms with van der Waals surface area (Å²) in [5.74, 6) is 1.31. The smallest absolute Gasteiger partial charge is 0.485 e. The molecule has 0 amide bonds. The lowest BCUT2D eigenvalue weighted by Gasteiger charge is -2.15. The van der Waals surface area contributed by atoms with Gasteiger partial charge in [0.05, 0.1) is 13.2 Å². The number of carbonyl (C=O) groups is 1. The van der Waals surface area contributed by atoms with E-state index in [4.69, 9.17) is 24.1 Å². The average molecular weight is 479 g/mol. The fourth-order valence-electron chi connectivity index (χ4n) is 3.43. The van der Waals surface area contributed by atoms with Gasteiger partial charge < -0.3 is 24.1 Å². The van der Waals surface area contributed by atoms with Gasteiger partial charge in [-0.05, 0) is 48.1 Å². The van der Waals surface area contributed by atoms with E-state index < -0.39 is 6.16 Å². The molecule has 0 atom stereocenters. The topological polar surface area (TPSA) is 74.2 Å². The van der Waals surface area contributed by atoms with E-state index in [9.17, 15) is 4.79 Å². The Kier molecular flexibility index (Phi) is 11.5. The number of carbonyl (C=O) groups excluding carboxylic acids is 1. The fraction of sp³-hybridized carbons (Fsp3) is 0.345. The SMILES string of the molecule is O=C(OCCCCCCO)OCCc1ccc(OCc2ccccc2)c(OCc2ccccc2)c1. The summed E-state index contributed by atoms with van der Waals surface area (Å²) in [4.78, 5) is 11.8. The molecule has 6 heteroatoms. The summed E-state index contributed by atoms with van der Waals surface area (Å²) < 4.78 is 22.4. The van der Waals surface area contributed by atoms with Gasteiger partial charge in [-0.3, -0.25) is 0 Å². The molecule has 0 fully saturated rings. The quantitative estimate of drug-likeness (QED) is 0.210. The second-order valence-electron chi connectivity index (χ2n) is 8.16. The first-order valence-corrected chi connectivity index (χ1v) is 12.1. The molecule has 6 nitrogen and oxygen atoms in total. The van der Waals surface area contributed by atoms with Crippen molar-refractivity contribution in [2.24, 2.45) is 0 Å². The van der Waals surface area contributed by atoms with Crippen molar-refractivity contribution in [3.8, 4) is 11.5 Å². The van der Waals surface area contributed by atoms with E-state index in [1.54, 1.807) is 0 Å². The predicted molar refractivity (Wildman–Crippen MR) is 135 cm³/mol. The lowest BCUT2D eigenvalue weighted by atomic mass is 10.1. The van der Waals surface area contributed by atoms with Crippen molar-refractivity contribution in [3.63, 3.8) is 0 Å². The Balaban J connectivity index is 1.51. The Morgan fingerprint density at radius 1 is 0.629 bits per heavy atom. The second-order valence-corrected chi connectivity index (χ2v) is 8.16. The van der Waals surface area contributed by atoms with Crippen LogP contribution in [0.3, 0.4) is 0 Å². The van der Waals surface area contributed by atoms with E-state index in [2.05, 4.69) is 0 Å². The summed E-state index contributed by atoms with van der Waals surface area (Å²) in [5.41, 5.74) is 3.11. The minimum atomic E-state index is -0.657. The molecule has 0 saturated heterocycles. The van der Waals surface area contributed by atoms with Crippen molar-refractivity contribution in [2.75, 3.05) is 19.8 Å². The number of benzene rings is 3. The number of aliphatic hydroxyl groups is 1. The Bertz CT molecular complexity index is 991. The van der Waals surface area contributed by atoms with Crippen LogP contribution in [-0.4, -0.2) is 31.1 Å². The van der Waals surface area contributed by atoms with Gasteiger partial charge in [0.25, 0.3) is 0 Å². The highest BCUT2D eigenvalue weighted by Gasteiger charge is 2.10. The van der Waals surface area contributed by atoms with Gasteiger partial charge >= 0.3 is 6.16 Å². The van der Waals surface area contributed by atoms with Crippen molar-refractivity contribution in [1.29, 1.82) is 0 Å². The third-order valence-corrected chi connectivity index (χ3v) is 5.37. The summed E-state index contributed by atoms with van der Waals surface area (Å²) >= 11 is 0. The van der Waals surface area contributed by atoms with E-state index in [0.29, 0.717) is 37.7 Å². The van der Waals surface area contributed by atoms with Crippen molar-refractivity contribution in [2.45, 2.75) is 45.3 Å². The number of hydrogen-bond donors (Lipinski definition) is 1. The van der Waals surface area contributed by atoms with Crippen LogP contribution in [0, 0.1) is 0 Å². The van der Waals surface area contributed by atoms with Crippen LogP contribution in [0.2, 0.25) is 0 Å². The number of hydrogen-bond acceptors (Lipinski definition) is 6. The number of unbranched alkanes of at least 4 members (excludes halogenated alkanes) is 3. The molecule has 0 aliphatic rings. The van der Waals surface area contributed by atoms with Gasteiger partial charge in [-0.15, -0.1) is 0 Å². The molecule has 3 aromatic rings. The molecule has 0 aliphatic heterocycles. The number of ether oxygens (including phenoxy) is 4. The summed E-state index contributed by atoms with van der Waals surface area (Å²) in [6.45, 7) is 1.60. The summed E-state index contributed by atoms with van der Waals surface area (Å²) in [7, 11) is 0. The third-order valence-electron chi connectivity index (χ3n) is 5.37. The highest BCUT2D eigenvalue weighted by Crippen LogP contribution is 2.30. The lowest BCUT2D eigenvalue weighted by molar-refractivity contribution is 0.0548. The molecule has 0 unspecified atom stereocenters. The molecule has 0 heterocycles. The molecule has 186 valence electrons. The standard InChI is InChI=1S/C29H34O6/c30-18-9-1-2-10-19-32-29(31)33-20-17-24-15-16-27(34-22-25-11-5-3-6-12-25)28(21-24)35-23-26-13-7-4-8-14-26/h3-8,11-16,21,30H,1-2,9-10,17-20,22-23H2. The number of aliphatic hydroxyl groups excluding tert-OH is 1. The second kappa shape index (κ2) is 15.4. The van der Waals surface area contributed by atoms with Crippen LogP contribution in [0.15, 0.2) is 78.9 Å². The van der Waals surface area contributed by atoms with Gasteiger partial charge in [0.2, 0.25) is 0 Å². The van der Waals surface area contributed by atoms with E-state index in [-0.39, 0.29) is 13.2 Å². The van der Waals surface area contributed by atoms with Crippen molar-refractivity contribution in [1.82, 2.24) is 0 Å². The van der Waals surface area contributed by atoms with E-state index >= 15 is 0 Å². The molecule has 0 aromatic heterocycles. The molecule has 1 N–H and O–H groups in total. The third kappa shape index (κ3) is 10.1. The monoisotopic (exact) mass is 478 g/mol. The average Bonchev–Trinajstić information content (AvgIpc) is 2.90. The maximum absolute atomic E-state index is 11.8. The highest BCUT2D eigenvalue weighted by atomic mass is 16.7. The fourth-order valence-corrected chi connectivity index (χ4v) is 3.43. The van der Waals surface area contributed by atoms with Crippen molar-refractivity contribution >= 4 is 6.16 Å². The zero-order valence-electron chi connectivity index (χ0n) is 20.1. The molecule has 0 radical (unpaired) electrons. The van der Waals surface area contributed by atoms with E-state index in [1.165, 1.54) is 0 Å². The summed E-state index contributed by atoms with van der Waals surface area (Å²) in [6, 6.07) is 25.7. The Labute approximate surface area is 207 Å². The molecule has 3 rings (SSSR count). The molecular weight excluding hydrogens is 444 g/mol. The number of rotatable bonds is 15. The Morgan fingerprint density at radius 2 is 1.23 bits per heavy atom. The summed E-state index contributed by atoms with van der Waals surface area (Å²) in [5, 5.41) is 8.77. The van der Waals surface area contributed by atoms with Gasteiger partial charge in [0.1, 0.15) is 13.2 Å². The van der Waals surface area contributed by atoms with Gasteiger partial charge in [0, 0.05) is 13.0 Å². The van der Waals surface area contributed by atoms with E-state index in [1.807, 2.05) is 78.9 Å². The maximum atomic E-state index is 11.8. The van der Waals surface area contributed by atoms with Crippen LogP contribution in [-0.2, 0) is 29.1 Å². The Morgan fingerprint density at radius 3 is 1.89 bits per heavy atom. The zero-order valence-corrected chi connectivity index (χ0v) is 20.1. The van der Waals surface area contributed by atoms with Gasteiger partial charge in [-0.1, -0.05) is 73.2 Å². The molecule has 0 saturated carbocycles. The molecule has 0 bridgehead atoms. The van der Waals surface area contributed by atoms with Gasteiger partial charge in [-0.2, -0.15) is 0 Å². The first-order chi connectivity index (χ1) is 17.2. The predicted octanol–water partition coefficient (Wildman–Crippen LogP) is 6.09. The lowest BCUT2D eigenvalue weighted by Crippen LogP contribution is -2.11. The minimum absolute atomic E-state index is 0.196. The van der Waals surface area contributed by atoms with Crippen LogP contribution >= 0.6 is 0 Å². The Hall–Kier alpha value is -3.51. The van der Waals surface area contributed by atoms with Crippen LogP contribution in [0.25, 0.3) is 0 Å². The van der Waals surface area contributed by atoms with Crippen LogP contribution in [0.5, 0.6) is 11.5 Å². The molecule has 0 aliphatic carbocycles. The van der Waals surface area contributed by atoms with Gasteiger partial charge in [0.15, 0.2) is 11.5 Å². The van der Waals surface area contributed by atoms with E-state index in [0.717, 1.165) is 42.4 Å².